The standard InChI is InChI=1S/C11H21N3O/c12-11(15)14-8-4-10(5-9-14)13-6-2-1-3-7-13/h10H,1-9H2,(H2,12,15). The van der Waals surface area contributed by atoms with Gasteiger partial charge in [0.05, 0.1) is 0 Å². The van der Waals surface area contributed by atoms with Gasteiger partial charge >= 0.3 is 6.03 Å². The summed E-state index contributed by atoms with van der Waals surface area (Å²) in [5, 5.41) is 0. The van der Waals surface area contributed by atoms with E-state index in [1.807, 2.05) is 0 Å². The topological polar surface area (TPSA) is 49.6 Å². The first-order valence-electron chi connectivity index (χ1n) is 6.06. The van der Waals surface area contributed by atoms with Crippen molar-refractivity contribution in [2.45, 2.75) is 38.1 Å². The number of primary amides is 1. The highest BCUT2D eigenvalue weighted by Gasteiger charge is 2.26. The first kappa shape index (κ1) is 10.7. The van der Waals surface area contributed by atoms with E-state index in [4.69, 9.17) is 5.73 Å². The molecule has 0 aromatic carbocycles. The van der Waals surface area contributed by atoms with E-state index >= 15 is 0 Å². The molecule has 2 heterocycles. The molecule has 0 unspecified atom stereocenters. The second kappa shape index (κ2) is 4.84. The lowest BCUT2D eigenvalue weighted by Gasteiger charge is -2.39. The summed E-state index contributed by atoms with van der Waals surface area (Å²) >= 11 is 0. The van der Waals surface area contributed by atoms with Crippen LogP contribution in [-0.2, 0) is 0 Å². The molecular formula is C11H21N3O. The van der Waals surface area contributed by atoms with Gasteiger partial charge in [0, 0.05) is 19.1 Å². The number of hydrogen-bond acceptors (Lipinski definition) is 2. The minimum atomic E-state index is -0.257. The Morgan fingerprint density at radius 3 is 2.13 bits per heavy atom. The van der Waals surface area contributed by atoms with E-state index < -0.39 is 0 Å². The smallest absolute Gasteiger partial charge is 0.314 e. The minimum absolute atomic E-state index is 0.257. The predicted octanol–water partition coefficient (Wildman–Crippen LogP) is 1.02. The van der Waals surface area contributed by atoms with Crippen molar-refractivity contribution in [1.82, 2.24) is 9.80 Å². The van der Waals surface area contributed by atoms with Gasteiger partial charge in [0.15, 0.2) is 0 Å². The zero-order chi connectivity index (χ0) is 10.7. The average molecular weight is 211 g/mol. The first-order valence-corrected chi connectivity index (χ1v) is 6.06. The maximum Gasteiger partial charge on any atom is 0.314 e. The van der Waals surface area contributed by atoms with E-state index in [2.05, 4.69) is 4.90 Å². The summed E-state index contributed by atoms with van der Waals surface area (Å²) in [5.74, 6) is 0. The lowest BCUT2D eigenvalue weighted by atomic mass is 10.0. The van der Waals surface area contributed by atoms with Gasteiger partial charge in [-0.15, -0.1) is 0 Å². The molecule has 0 atom stereocenters. The Morgan fingerprint density at radius 1 is 1.00 bits per heavy atom. The molecule has 4 heteroatoms. The molecule has 0 saturated carbocycles. The molecule has 15 heavy (non-hydrogen) atoms. The van der Waals surface area contributed by atoms with Crippen molar-refractivity contribution >= 4 is 6.03 Å². The van der Waals surface area contributed by atoms with E-state index in [0.29, 0.717) is 6.04 Å². The number of amides is 2. The van der Waals surface area contributed by atoms with Crippen molar-refractivity contribution in [3.63, 3.8) is 0 Å². The van der Waals surface area contributed by atoms with Crippen molar-refractivity contribution in [2.24, 2.45) is 5.73 Å². The van der Waals surface area contributed by atoms with Crippen molar-refractivity contribution in [2.75, 3.05) is 26.2 Å². The van der Waals surface area contributed by atoms with Crippen LogP contribution in [0.25, 0.3) is 0 Å². The molecule has 2 saturated heterocycles. The summed E-state index contributed by atoms with van der Waals surface area (Å²) < 4.78 is 0. The third-order valence-corrected chi connectivity index (χ3v) is 3.68. The average Bonchev–Trinajstić information content (AvgIpc) is 2.30. The molecule has 0 bridgehead atoms. The maximum absolute atomic E-state index is 11.0. The zero-order valence-electron chi connectivity index (χ0n) is 9.32. The normalized spacial score (nSPS) is 25.5. The molecule has 0 aromatic rings. The summed E-state index contributed by atoms with van der Waals surface area (Å²) in [6, 6.07) is 0.438. The van der Waals surface area contributed by atoms with Crippen molar-refractivity contribution < 1.29 is 4.79 Å². The molecule has 86 valence electrons. The van der Waals surface area contributed by atoms with E-state index in [-0.39, 0.29) is 6.03 Å². The molecule has 0 aliphatic carbocycles. The molecule has 2 rings (SSSR count). The van der Waals surface area contributed by atoms with Crippen LogP contribution in [0.2, 0.25) is 0 Å². The van der Waals surface area contributed by atoms with Gasteiger partial charge in [0.2, 0.25) is 0 Å². The fourth-order valence-corrected chi connectivity index (χ4v) is 2.73. The number of piperidine rings is 2. The molecule has 2 aliphatic rings. The van der Waals surface area contributed by atoms with Crippen LogP contribution < -0.4 is 5.73 Å². The van der Waals surface area contributed by atoms with Crippen LogP contribution in [0.15, 0.2) is 0 Å². The minimum Gasteiger partial charge on any atom is -0.351 e. The second-order valence-corrected chi connectivity index (χ2v) is 4.65. The van der Waals surface area contributed by atoms with E-state index in [1.54, 1.807) is 4.90 Å². The van der Waals surface area contributed by atoms with Gasteiger partial charge in [-0.3, -0.25) is 0 Å². The Bertz CT molecular complexity index is 218. The van der Waals surface area contributed by atoms with Crippen LogP contribution in [0.1, 0.15) is 32.1 Å². The Labute approximate surface area is 91.4 Å². The molecular weight excluding hydrogens is 190 g/mol. The lowest BCUT2D eigenvalue weighted by Crippen LogP contribution is -2.49. The van der Waals surface area contributed by atoms with Crippen molar-refractivity contribution in [3.8, 4) is 0 Å². The number of carbonyl (C=O) groups excluding carboxylic acids is 1. The van der Waals surface area contributed by atoms with Crippen LogP contribution >= 0.6 is 0 Å². The largest absolute Gasteiger partial charge is 0.351 e. The van der Waals surface area contributed by atoms with E-state index in [9.17, 15) is 4.79 Å². The van der Waals surface area contributed by atoms with Crippen LogP contribution in [0, 0.1) is 0 Å². The summed E-state index contributed by atoms with van der Waals surface area (Å²) in [4.78, 5) is 15.3. The SMILES string of the molecule is NC(=O)N1CCC(N2CCCCC2)CC1. The number of nitrogens with zero attached hydrogens (tertiary/aromatic N) is 2. The highest BCUT2D eigenvalue weighted by molar-refractivity contribution is 5.72. The summed E-state index contributed by atoms with van der Waals surface area (Å²) in [6.45, 7) is 4.19. The molecule has 0 aromatic heterocycles. The first-order chi connectivity index (χ1) is 7.27. The molecule has 4 nitrogen and oxygen atoms in total. The Morgan fingerprint density at radius 2 is 1.60 bits per heavy atom. The van der Waals surface area contributed by atoms with Gasteiger partial charge < -0.3 is 15.5 Å². The molecule has 2 N–H and O–H groups in total. The van der Waals surface area contributed by atoms with Gasteiger partial charge in [-0.25, -0.2) is 4.79 Å². The Kier molecular flexibility index (Phi) is 3.46. The van der Waals surface area contributed by atoms with E-state index in [0.717, 1.165) is 25.9 Å². The van der Waals surface area contributed by atoms with Gasteiger partial charge in [-0.05, 0) is 38.8 Å². The number of rotatable bonds is 1. The number of carbonyl (C=O) groups is 1. The molecule has 2 aliphatic heterocycles. The summed E-state index contributed by atoms with van der Waals surface area (Å²) in [7, 11) is 0. The van der Waals surface area contributed by atoms with Crippen molar-refractivity contribution in [3.05, 3.63) is 0 Å². The Balaban J connectivity index is 1.79. The fraction of sp³-hybridized carbons (Fsp3) is 0.909. The second-order valence-electron chi connectivity index (χ2n) is 4.65. The molecule has 2 amide bonds. The van der Waals surface area contributed by atoms with Gasteiger partial charge in [0.25, 0.3) is 0 Å². The van der Waals surface area contributed by atoms with Gasteiger partial charge in [-0.2, -0.15) is 0 Å². The van der Waals surface area contributed by atoms with Crippen LogP contribution in [0.3, 0.4) is 0 Å². The third kappa shape index (κ3) is 2.62. The van der Waals surface area contributed by atoms with Crippen LogP contribution in [-0.4, -0.2) is 48.1 Å². The lowest BCUT2D eigenvalue weighted by molar-refractivity contribution is 0.103. The van der Waals surface area contributed by atoms with Crippen molar-refractivity contribution in [1.29, 1.82) is 0 Å². The number of likely N-dealkylation sites (tertiary alicyclic amines) is 2. The maximum atomic E-state index is 11.0. The van der Waals surface area contributed by atoms with Crippen LogP contribution in [0.5, 0.6) is 0 Å². The van der Waals surface area contributed by atoms with Gasteiger partial charge in [-0.1, -0.05) is 6.42 Å². The fourth-order valence-electron chi connectivity index (χ4n) is 2.73. The molecule has 2 fully saturated rings. The zero-order valence-corrected chi connectivity index (χ0v) is 9.32. The number of nitrogens with two attached hydrogens (primary N) is 1. The van der Waals surface area contributed by atoms with E-state index in [1.165, 1.54) is 32.4 Å². The molecule has 0 radical (unpaired) electrons. The highest BCUT2D eigenvalue weighted by atomic mass is 16.2. The highest BCUT2D eigenvalue weighted by Crippen LogP contribution is 2.20. The third-order valence-electron chi connectivity index (χ3n) is 3.68. The Hall–Kier alpha value is -0.770. The quantitative estimate of drug-likeness (QED) is 0.704. The summed E-state index contributed by atoms with van der Waals surface area (Å²) in [5.41, 5.74) is 5.26. The number of urea groups is 1. The van der Waals surface area contributed by atoms with Crippen LogP contribution in [0.4, 0.5) is 4.79 Å². The van der Waals surface area contributed by atoms with Gasteiger partial charge in [0.1, 0.15) is 0 Å². The predicted molar refractivity (Wildman–Crippen MR) is 59.6 cm³/mol. The molecule has 0 spiro atoms. The number of hydrogen-bond donors (Lipinski definition) is 1. The summed E-state index contributed by atoms with van der Waals surface area (Å²) in [6.07, 6.45) is 6.27. The monoisotopic (exact) mass is 211 g/mol.